The quantitative estimate of drug-likeness (QED) is 0.707. The minimum Gasteiger partial charge on any atom is -0.488 e. The van der Waals surface area contributed by atoms with E-state index in [-0.39, 0.29) is 24.8 Å². The van der Waals surface area contributed by atoms with Crippen molar-refractivity contribution in [3.05, 3.63) is 47.5 Å². The van der Waals surface area contributed by atoms with Crippen molar-refractivity contribution < 1.29 is 32.2 Å². The van der Waals surface area contributed by atoms with Crippen LogP contribution in [0.5, 0.6) is 11.5 Å². The van der Waals surface area contributed by atoms with Crippen LogP contribution in [0.1, 0.15) is 17.5 Å². The summed E-state index contributed by atoms with van der Waals surface area (Å²) < 4.78 is 49.6. The van der Waals surface area contributed by atoms with Gasteiger partial charge in [-0.15, -0.1) is 0 Å². The average molecular weight is 421 g/mol. The number of nitrogens with one attached hydrogen (secondary N) is 3. The van der Waals surface area contributed by atoms with Gasteiger partial charge in [-0.1, -0.05) is 6.07 Å². The number of amides is 3. The van der Waals surface area contributed by atoms with Crippen LogP contribution >= 0.6 is 0 Å². The summed E-state index contributed by atoms with van der Waals surface area (Å²) in [5.74, 6) is 0.411. The first-order chi connectivity index (χ1) is 14.3. The summed E-state index contributed by atoms with van der Waals surface area (Å²) in [5.41, 5.74) is 0.844. The van der Waals surface area contributed by atoms with Crippen LogP contribution in [0.15, 0.2) is 36.4 Å². The van der Waals surface area contributed by atoms with E-state index in [0.717, 1.165) is 12.1 Å². The Hall–Kier alpha value is -3.43. The average Bonchev–Trinajstić information content (AvgIpc) is 2.70. The van der Waals surface area contributed by atoms with E-state index in [1.165, 1.54) is 6.07 Å². The van der Waals surface area contributed by atoms with Crippen molar-refractivity contribution in [1.82, 2.24) is 5.32 Å². The molecule has 0 aromatic heterocycles. The van der Waals surface area contributed by atoms with Gasteiger partial charge in [0, 0.05) is 5.69 Å². The zero-order chi connectivity index (χ0) is 21.3. The lowest BCUT2D eigenvalue weighted by atomic mass is 10.00. The molecule has 0 aliphatic carbocycles. The fourth-order valence-corrected chi connectivity index (χ4v) is 3.29. The Kier molecular flexibility index (Phi) is 5.15. The number of halogens is 3. The molecule has 7 nitrogen and oxygen atoms in total. The van der Waals surface area contributed by atoms with E-state index in [4.69, 9.17) is 9.47 Å². The van der Waals surface area contributed by atoms with E-state index in [2.05, 4.69) is 16.0 Å². The maximum atomic E-state index is 12.9. The van der Waals surface area contributed by atoms with Crippen molar-refractivity contribution in [2.24, 2.45) is 0 Å². The highest BCUT2D eigenvalue weighted by molar-refractivity contribution is 5.97. The lowest BCUT2D eigenvalue weighted by Gasteiger charge is -2.27. The minimum absolute atomic E-state index is 0.0603. The Morgan fingerprint density at radius 1 is 1.17 bits per heavy atom. The molecule has 0 fully saturated rings. The predicted octanol–water partition coefficient (Wildman–Crippen LogP) is 3.55. The number of aryl methyl sites for hydroxylation is 1. The van der Waals surface area contributed by atoms with Gasteiger partial charge in [0.2, 0.25) is 0 Å². The molecule has 0 spiro atoms. The summed E-state index contributed by atoms with van der Waals surface area (Å²) in [6, 6.07) is 7.78. The van der Waals surface area contributed by atoms with Crippen LogP contribution < -0.4 is 25.4 Å². The van der Waals surface area contributed by atoms with E-state index in [1.807, 2.05) is 0 Å². The second kappa shape index (κ2) is 7.77. The number of hydrogen-bond acceptors (Lipinski definition) is 4. The van der Waals surface area contributed by atoms with Crippen molar-refractivity contribution in [2.75, 3.05) is 23.8 Å². The zero-order valence-corrected chi connectivity index (χ0v) is 15.6. The third kappa shape index (κ3) is 4.42. The highest BCUT2D eigenvalue weighted by Crippen LogP contribution is 2.36. The van der Waals surface area contributed by atoms with Crippen LogP contribution in [0.25, 0.3) is 0 Å². The molecule has 30 heavy (non-hydrogen) atoms. The Morgan fingerprint density at radius 3 is 2.80 bits per heavy atom. The molecule has 2 aliphatic heterocycles. The van der Waals surface area contributed by atoms with Crippen molar-refractivity contribution in [3.63, 3.8) is 0 Å². The predicted molar refractivity (Wildman–Crippen MR) is 102 cm³/mol. The number of ether oxygens (including phenoxy) is 2. The molecule has 0 saturated carbocycles. The fourth-order valence-electron chi connectivity index (χ4n) is 3.29. The lowest BCUT2D eigenvalue weighted by molar-refractivity contribution is -0.137. The normalized spacial score (nSPS) is 17.6. The van der Waals surface area contributed by atoms with E-state index in [0.29, 0.717) is 35.5 Å². The molecule has 2 heterocycles. The van der Waals surface area contributed by atoms with E-state index in [9.17, 15) is 22.8 Å². The first-order valence-corrected chi connectivity index (χ1v) is 9.26. The van der Waals surface area contributed by atoms with Crippen LogP contribution in [-0.2, 0) is 17.4 Å². The van der Waals surface area contributed by atoms with Gasteiger partial charge in [-0.3, -0.25) is 4.79 Å². The van der Waals surface area contributed by atoms with Gasteiger partial charge in [-0.2, -0.15) is 13.2 Å². The maximum absolute atomic E-state index is 12.9. The summed E-state index contributed by atoms with van der Waals surface area (Å²) >= 11 is 0. The lowest BCUT2D eigenvalue weighted by Crippen LogP contribution is -2.39. The number of alkyl halides is 3. The molecule has 0 radical (unpaired) electrons. The van der Waals surface area contributed by atoms with Crippen molar-refractivity contribution >= 4 is 23.3 Å². The Bertz CT molecular complexity index is 994. The van der Waals surface area contributed by atoms with Crippen LogP contribution in [0.4, 0.5) is 29.3 Å². The van der Waals surface area contributed by atoms with Crippen LogP contribution in [-0.4, -0.2) is 31.2 Å². The van der Waals surface area contributed by atoms with Gasteiger partial charge in [0.25, 0.3) is 5.91 Å². The SMILES string of the molecule is O=C1COc2ccc(NC(=O)NCC3CCc4ccc(C(F)(F)F)cc4O3)cc2N1. The zero-order valence-electron chi connectivity index (χ0n) is 15.6. The van der Waals surface area contributed by atoms with Gasteiger partial charge in [-0.25, -0.2) is 4.79 Å². The molecule has 1 unspecified atom stereocenters. The van der Waals surface area contributed by atoms with Gasteiger partial charge < -0.3 is 25.4 Å². The molecule has 158 valence electrons. The van der Waals surface area contributed by atoms with Crippen molar-refractivity contribution in [3.8, 4) is 11.5 Å². The summed E-state index contributed by atoms with van der Waals surface area (Å²) in [7, 11) is 0. The number of rotatable bonds is 3. The van der Waals surface area contributed by atoms with Crippen LogP contribution in [0.3, 0.4) is 0 Å². The van der Waals surface area contributed by atoms with Crippen LogP contribution in [0, 0.1) is 0 Å². The number of benzene rings is 2. The molecule has 1 atom stereocenters. The standard InChI is InChI=1S/C20H18F3N3O4/c21-20(22,23)12-3-1-11-2-5-14(30-17(11)7-12)9-24-19(28)25-13-4-6-16-15(8-13)26-18(27)10-29-16/h1,3-4,6-8,14H,2,5,9-10H2,(H,26,27)(H2,24,25,28). The number of carbonyl (C=O) groups is 2. The van der Waals surface area contributed by atoms with Crippen molar-refractivity contribution in [2.45, 2.75) is 25.1 Å². The van der Waals surface area contributed by atoms with Gasteiger partial charge in [0.1, 0.15) is 17.6 Å². The van der Waals surface area contributed by atoms with Gasteiger partial charge in [0.15, 0.2) is 6.61 Å². The van der Waals surface area contributed by atoms with E-state index >= 15 is 0 Å². The summed E-state index contributed by atoms with van der Waals surface area (Å²) in [5, 5.41) is 7.93. The van der Waals surface area contributed by atoms with Gasteiger partial charge >= 0.3 is 12.2 Å². The third-order valence-electron chi connectivity index (χ3n) is 4.78. The first kappa shape index (κ1) is 19.9. The third-order valence-corrected chi connectivity index (χ3v) is 4.78. The van der Waals surface area contributed by atoms with E-state index in [1.54, 1.807) is 18.2 Å². The topological polar surface area (TPSA) is 88.7 Å². The fraction of sp³-hybridized carbons (Fsp3) is 0.300. The summed E-state index contributed by atoms with van der Waals surface area (Å²) in [4.78, 5) is 23.6. The van der Waals surface area contributed by atoms with Gasteiger partial charge in [-0.05, 0) is 48.7 Å². The Balaban J connectivity index is 1.33. The molecule has 2 aliphatic rings. The number of urea groups is 1. The second-order valence-electron chi connectivity index (χ2n) is 6.98. The number of fused-ring (bicyclic) bond motifs is 2. The molecular formula is C20H18F3N3O4. The molecule has 2 aromatic carbocycles. The van der Waals surface area contributed by atoms with Gasteiger partial charge in [0.05, 0.1) is 17.8 Å². The first-order valence-electron chi connectivity index (χ1n) is 9.26. The summed E-state index contributed by atoms with van der Waals surface area (Å²) in [6.45, 7) is 0.0710. The molecule has 0 saturated heterocycles. The second-order valence-corrected chi connectivity index (χ2v) is 6.98. The molecule has 2 aromatic rings. The minimum atomic E-state index is -4.44. The molecule has 10 heteroatoms. The highest BCUT2D eigenvalue weighted by atomic mass is 19.4. The van der Waals surface area contributed by atoms with E-state index < -0.39 is 23.9 Å². The molecule has 4 rings (SSSR count). The number of anilines is 2. The largest absolute Gasteiger partial charge is 0.488 e. The Morgan fingerprint density at radius 2 is 2.00 bits per heavy atom. The molecule has 3 N–H and O–H groups in total. The monoisotopic (exact) mass is 421 g/mol. The maximum Gasteiger partial charge on any atom is 0.416 e. The van der Waals surface area contributed by atoms with Crippen LogP contribution in [0.2, 0.25) is 0 Å². The number of hydrogen-bond donors (Lipinski definition) is 3. The smallest absolute Gasteiger partial charge is 0.416 e. The highest BCUT2D eigenvalue weighted by Gasteiger charge is 2.32. The summed E-state index contributed by atoms with van der Waals surface area (Å²) in [6.07, 6.45) is -3.75. The molecular weight excluding hydrogens is 403 g/mol. The molecule has 0 bridgehead atoms. The Labute approximate surface area is 169 Å². The molecule has 3 amide bonds. The van der Waals surface area contributed by atoms with Crippen molar-refractivity contribution in [1.29, 1.82) is 0 Å². The number of carbonyl (C=O) groups excluding carboxylic acids is 2.